The largest absolute Gasteiger partial charge is 0.478 e. The highest BCUT2D eigenvalue weighted by Gasteiger charge is 2.03. The summed E-state index contributed by atoms with van der Waals surface area (Å²) in [5, 5.41) is 17.2. The number of benzene rings is 2. The molecule has 2 aromatic carbocycles. The maximum absolute atomic E-state index is 10.5. The predicted octanol–water partition coefficient (Wildman–Crippen LogP) is -0.173. The van der Waals surface area contributed by atoms with Crippen LogP contribution in [0, 0.1) is 0 Å². The van der Waals surface area contributed by atoms with Crippen LogP contribution in [0.2, 0.25) is 0 Å². The Balaban J connectivity index is 0.000000226. The van der Waals surface area contributed by atoms with Crippen molar-refractivity contribution in [1.29, 1.82) is 0 Å². The monoisotopic (exact) mass is 416 g/mol. The first-order chi connectivity index (χ1) is 14.0. The number of aliphatic hydroxyl groups is 1. The zero-order valence-electron chi connectivity index (χ0n) is 15.9. The number of carboxylic acid groups (broad SMARTS) is 1. The molecule has 0 radical (unpaired) electrons. The van der Waals surface area contributed by atoms with E-state index in [1.807, 2.05) is 0 Å². The first-order valence-corrected chi connectivity index (χ1v) is 8.27. The zero-order valence-corrected chi connectivity index (χ0v) is 15.9. The van der Waals surface area contributed by atoms with E-state index >= 15 is 0 Å². The number of hydrogen-bond acceptors (Lipinski definition) is 10. The smallest absolute Gasteiger partial charge is 0.335 e. The van der Waals surface area contributed by atoms with Gasteiger partial charge in [0.25, 0.3) is 5.56 Å². The van der Waals surface area contributed by atoms with Crippen LogP contribution in [0.1, 0.15) is 15.9 Å². The van der Waals surface area contributed by atoms with Gasteiger partial charge in [0.2, 0.25) is 5.95 Å². The Morgan fingerprint density at radius 2 is 1.30 bits per heavy atom. The number of nitrogens with two attached hydrogens (primary N) is 6. The molecule has 30 heavy (non-hydrogen) atoms. The number of nitrogens with zero attached hydrogens (tertiary/aromatic N) is 1. The van der Waals surface area contributed by atoms with Crippen LogP contribution in [0.3, 0.4) is 0 Å². The number of carbonyl (C=O) groups is 1. The molecule has 0 saturated carbocycles. The van der Waals surface area contributed by atoms with Crippen molar-refractivity contribution < 1.29 is 15.0 Å². The van der Waals surface area contributed by atoms with Gasteiger partial charge in [-0.15, -0.1) is 0 Å². The third kappa shape index (κ3) is 8.49. The molecule has 0 bridgehead atoms. The van der Waals surface area contributed by atoms with Gasteiger partial charge in [0.15, 0.2) is 0 Å². The number of rotatable bonds is 2. The normalized spacial score (nSPS) is 9.50. The Morgan fingerprint density at radius 1 is 0.833 bits per heavy atom. The SMILES string of the molecule is Nc1cc(=O)[nH]c(N)n1.Nc1cc(N)cc(C(=O)O)c1.Nc1cc(N)cc(CO)c1. The fraction of sp³-hybridized carbons (Fsp3) is 0.0556. The first kappa shape index (κ1) is 23.6. The van der Waals surface area contributed by atoms with E-state index in [2.05, 4.69) is 9.97 Å². The fourth-order valence-electron chi connectivity index (χ4n) is 2.13. The molecule has 1 aromatic heterocycles. The van der Waals surface area contributed by atoms with E-state index in [1.165, 1.54) is 18.2 Å². The Labute approximate surface area is 171 Å². The standard InChI is InChI=1S/C7H8N2O2.C7H10N2O.C4H6N4O/c8-5-1-4(7(10)11)2-6(9)3-5;8-6-1-5(4-10)2-7(9)3-6;5-2-1-3(9)8-4(6)7-2/h1-3H,8-9H2,(H,10,11);1-3,10H,4,8-9H2;1H,(H5,5,6,7,8,9). The average molecular weight is 416 g/mol. The third-order valence-electron chi connectivity index (χ3n) is 3.22. The second-order valence-corrected chi connectivity index (χ2v) is 5.92. The van der Waals surface area contributed by atoms with Crippen LogP contribution >= 0.6 is 0 Å². The number of aliphatic hydroxyl groups excluding tert-OH is 1. The minimum Gasteiger partial charge on any atom is -0.478 e. The number of H-pyrrole nitrogens is 1. The maximum Gasteiger partial charge on any atom is 0.335 e. The van der Waals surface area contributed by atoms with E-state index < -0.39 is 5.97 Å². The lowest BCUT2D eigenvalue weighted by molar-refractivity contribution is 0.0697. The number of hydrogen-bond donors (Lipinski definition) is 9. The van der Waals surface area contributed by atoms with Crippen LogP contribution in [-0.4, -0.2) is 26.2 Å². The second-order valence-electron chi connectivity index (χ2n) is 5.92. The molecule has 3 rings (SSSR count). The maximum atomic E-state index is 10.5. The molecule has 0 saturated heterocycles. The molecule has 0 fully saturated rings. The number of nitrogens with one attached hydrogen (secondary N) is 1. The fourth-order valence-corrected chi connectivity index (χ4v) is 2.13. The van der Waals surface area contributed by atoms with Crippen molar-refractivity contribution in [2.75, 3.05) is 34.4 Å². The lowest BCUT2D eigenvalue weighted by Crippen LogP contribution is -2.11. The lowest BCUT2D eigenvalue weighted by Gasteiger charge is -1.99. The van der Waals surface area contributed by atoms with Crippen LogP contribution in [0.5, 0.6) is 0 Å². The molecule has 15 N–H and O–H groups in total. The van der Waals surface area contributed by atoms with Crippen molar-refractivity contribution in [3.8, 4) is 0 Å². The molecule has 0 amide bonds. The van der Waals surface area contributed by atoms with Gasteiger partial charge < -0.3 is 44.6 Å². The van der Waals surface area contributed by atoms with Crippen molar-refractivity contribution >= 4 is 40.5 Å². The summed E-state index contributed by atoms with van der Waals surface area (Å²) < 4.78 is 0. The Morgan fingerprint density at radius 3 is 1.67 bits per heavy atom. The lowest BCUT2D eigenvalue weighted by atomic mass is 10.2. The topological polar surface area (TPSA) is 259 Å². The van der Waals surface area contributed by atoms with E-state index in [0.29, 0.717) is 22.7 Å². The molecule has 160 valence electrons. The van der Waals surface area contributed by atoms with Crippen LogP contribution in [0.4, 0.5) is 34.5 Å². The van der Waals surface area contributed by atoms with Gasteiger partial charge >= 0.3 is 5.97 Å². The molecule has 0 aliphatic rings. The van der Waals surface area contributed by atoms with E-state index in [4.69, 9.17) is 44.6 Å². The highest BCUT2D eigenvalue weighted by Crippen LogP contribution is 2.13. The minimum absolute atomic E-state index is 0.0186. The summed E-state index contributed by atoms with van der Waals surface area (Å²) in [5.74, 6) is -0.847. The van der Waals surface area contributed by atoms with E-state index in [-0.39, 0.29) is 29.5 Å². The molecule has 0 atom stereocenters. The van der Waals surface area contributed by atoms with Crippen LogP contribution < -0.4 is 40.0 Å². The highest BCUT2D eigenvalue weighted by atomic mass is 16.4. The molecule has 0 aliphatic heterocycles. The summed E-state index contributed by atoms with van der Waals surface area (Å²) in [6.07, 6.45) is 0. The zero-order chi connectivity index (χ0) is 22.8. The van der Waals surface area contributed by atoms with Crippen LogP contribution in [-0.2, 0) is 6.61 Å². The number of aromatic nitrogens is 2. The molecular formula is C18H24N8O4. The number of carboxylic acids is 1. The average Bonchev–Trinajstić information content (AvgIpc) is 2.60. The van der Waals surface area contributed by atoms with Crippen molar-refractivity contribution in [3.63, 3.8) is 0 Å². The molecule has 0 unspecified atom stereocenters. The van der Waals surface area contributed by atoms with Gasteiger partial charge in [-0.3, -0.25) is 9.78 Å². The third-order valence-corrected chi connectivity index (χ3v) is 3.22. The van der Waals surface area contributed by atoms with E-state index in [9.17, 15) is 9.59 Å². The molecule has 3 aromatic rings. The minimum atomic E-state index is -1.02. The quantitative estimate of drug-likeness (QED) is 0.247. The summed E-state index contributed by atoms with van der Waals surface area (Å²) in [6.45, 7) is -0.0186. The summed E-state index contributed by atoms with van der Waals surface area (Å²) in [6, 6.07) is 10.4. The van der Waals surface area contributed by atoms with E-state index in [0.717, 1.165) is 11.6 Å². The number of anilines is 6. The summed E-state index contributed by atoms with van der Waals surface area (Å²) in [4.78, 5) is 26.6. The predicted molar refractivity (Wildman–Crippen MR) is 117 cm³/mol. The molecule has 12 nitrogen and oxygen atoms in total. The highest BCUT2D eigenvalue weighted by molar-refractivity contribution is 5.90. The van der Waals surface area contributed by atoms with Gasteiger partial charge in [-0.2, -0.15) is 4.98 Å². The molecular weight excluding hydrogens is 392 g/mol. The summed E-state index contributed by atoms with van der Waals surface area (Å²) in [7, 11) is 0. The van der Waals surface area contributed by atoms with Gasteiger partial charge in [-0.25, -0.2) is 4.79 Å². The number of aromatic carboxylic acids is 1. The van der Waals surface area contributed by atoms with Gasteiger partial charge in [0.1, 0.15) is 5.82 Å². The molecule has 12 heteroatoms. The van der Waals surface area contributed by atoms with E-state index in [1.54, 1.807) is 18.2 Å². The summed E-state index contributed by atoms with van der Waals surface area (Å²) in [5.41, 5.74) is 34.3. The first-order valence-electron chi connectivity index (χ1n) is 8.27. The number of nitrogen functional groups attached to an aromatic ring is 6. The van der Waals surface area contributed by atoms with Crippen LogP contribution in [0.25, 0.3) is 0 Å². The van der Waals surface area contributed by atoms with Crippen LogP contribution in [0.15, 0.2) is 47.3 Å². The van der Waals surface area contributed by atoms with Crippen molar-refractivity contribution in [2.45, 2.75) is 6.61 Å². The van der Waals surface area contributed by atoms with Gasteiger partial charge in [0.05, 0.1) is 12.2 Å². The number of aromatic amines is 1. The van der Waals surface area contributed by atoms with Gasteiger partial charge in [0, 0.05) is 28.8 Å². The van der Waals surface area contributed by atoms with Crippen molar-refractivity contribution in [2.24, 2.45) is 0 Å². The molecule has 1 heterocycles. The molecule has 0 spiro atoms. The summed E-state index contributed by atoms with van der Waals surface area (Å²) >= 11 is 0. The van der Waals surface area contributed by atoms with Gasteiger partial charge in [-0.1, -0.05) is 0 Å². The Kier molecular flexibility index (Phi) is 8.47. The molecule has 0 aliphatic carbocycles. The van der Waals surface area contributed by atoms with Crippen molar-refractivity contribution in [3.05, 3.63) is 63.9 Å². The Bertz CT molecular complexity index is 1000. The second kappa shape index (κ2) is 10.8. The Hall–Kier alpha value is -4.45. The van der Waals surface area contributed by atoms with Crippen molar-refractivity contribution in [1.82, 2.24) is 9.97 Å². The van der Waals surface area contributed by atoms with Gasteiger partial charge in [-0.05, 0) is 42.0 Å².